The van der Waals surface area contributed by atoms with Gasteiger partial charge in [-0.3, -0.25) is 9.59 Å². The third-order valence-corrected chi connectivity index (χ3v) is 1.62. The molecule has 0 amide bonds. The average Bonchev–Trinajstić information content (AvgIpc) is 1.98. The number of hydrogen-bond acceptors (Lipinski definition) is 5. The van der Waals surface area contributed by atoms with E-state index in [-0.39, 0.29) is 11.3 Å². The maximum absolute atomic E-state index is 10.5. The molecule has 6 heteroatoms. The van der Waals surface area contributed by atoms with Crippen LogP contribution in [-0.2, 0) is 23.8 Å². The van der Waals surface area contributed by atoms with Crippen LogP contribution >= 0.6 is 0 Å². The summed E-state index contributed by atoms with van der Waals surface area (Å²) in [6.07, 6.45) is 0. The van der Waals surface area contributed by atoms with Crippen molar-refractivity contribution in [1.82, 2.24) is 0 Å². The monoisotopic (exact) mass is 204 g/mol. The molecule has 0 heterocycles. The second-order valence-electron chi connectivity index (χ2n) is 2.24. The van der Waals surface area contributed by atoms with E-state index < -0.39 is 11.9 Å². The van der Waals surface area contributed by atoms with Gasteiger partial charge in [0.05, 0.1) is 17.4 Å². The molecule has 0 aromatic carbocycles. The predicted molar refractivity (Wildman–Crippen MR) is 47.5 cm³/mol. The van der Waals surface area contributed by atoms with E-state index in [0.717, 1.165) is 0 Å². The molecule has 0 aliphatic rings. The summed E-state index contributed by atoms with van der Waals surface area (Å²) < 4.78 is 14.1. The van der Waals surface area contributed by atoms with Crippen molar-refractivity contribution in [2.45, 2.75) is 13.8 Å². The minimum absolute atomic E-state index is 0.0469. The van der Waals surface area contributed by atoms with Gasteiger partial charge in [0, 0.05) is 13.8 Å². The van der Waals surface area contributed by atoms with E-state index in [2.05, 4.69) is 4.74 Å². The van der Waals surface area contributed by atoms with Gasteiger partial charge in [-0.1, -0.05) is 0 Å². The molecule has 0 aliphatic carbocycles. The zero-order chi connectivity index (χ0) is 10.4. The predicted octanol–water partition coefficient (Wildman–Crippen LogP) is -0.749. The summed E-state index contributed by atoms with van der Waals surface area (Å²) in [4.78, 5) is 21.1. The van der Waals surface area contributed by atoms with Crippen molar-refractivity contribution in [3.63, 3.8) is 0 Å². The van der Waals surface area contributed by atoms with E-state index in [9.17, 15) is 9.59 Å². The lowest BCUT2D eigenvalue weighted by Gasteiger charge is -2.08. The topological polar surface area (TPSA) is 61.8 Å². The van der Waals surface area contributed by atoms with Crippen molar-refractivity contribution in [1.29, 1.82) is 0 Å². The quantitative estimate of drug-likeness (QED) is 0.344. The van der Waals surface area contributed by atoms with Crippen LogP contribution in [0.25, 0.3) is 0 Å². The Bertz CT molecular complexity index is 245. The summed E-state index contributed by atoms with van der Waals surface area (Å²) >= 11 is 0. The Morgan fingerprint density at radius 1 is 1.08 bits per heavy atom. The smallest absolute Gasteiger partial charge is 0.320 e. The Balaban J connectivity index is 4.48. The highest BCUT2D eigenvalue weighted by molar-refractivity contribution is 6.21. The van der Waals surface area contributed by atoms with Crippen LogP contribution in [0, 0.1) is 0 Å². The number of ether oxygens (including phenoxy) is 3. The fourth-order valence-corrected chi connectivity index (χ4v) is 1.24. The molecule has 0 N–H and O–H groups in total. The largest absolute Gasteiger partial charge is 0.466 e. The van der Waals surface area contributed by atoms with E-state index in [1.807, 2.05) is 0 Å². The van der Waals surface area contributed by atoms with Gasteiger partial charge in [-0.05, 0) is 0 Å². The van der Waals surface area contributed by atoms with Crippen LogP contribution < -0.4 is 0 Å². The average molecular weight is 204 g/mol. The molecule has 0 bridgehead atoms. The number of esters is 2. The lowest BCUT2D eigenvalue weighted by molar-refractivity contribution is -0.145. The highest BCUT2D eigenvalue weighted by Gasteiger charge is 2.09. The van der Waals surface area contributed by atoms with Crippen LogP contribution in [0.3, 0.4) is 0 Å². The minimum Gasteiger partial charge on any atom is -0.466 e. The normalized spacial score (nSPS) is 11.6. The Labute approximate surface area is 79.1 Å². The summed E-state index contributed by atoms with van der Waals surface area (Å²) in [5.74, 6) is -1.03. The lowest BCUT2D eigenvalue weighted by atomic mass is 10.8. The molecule has 0 rings (SSSR count). The second kappa shape index (κ2) is 5.36. The third kappa shape index (κ3) is 5.02. The summed E-state index contributed by atoms with van der Waals surface area (Å²) in [5, 5.41) is 0.255. The Hall–Kier alpha value is -1.30. The van der Waals surface area contributed by atoms with Crippen LogP contribution in [0.1, 0.15) is 13.8 Å². The van der Waals surface area contributed by atoms with E-state index in [1.165, 1.54) is 21.0 Å². The van der Waals surface area contributed by atoms with E-state index in [1.54, 1.807) is 0 Å². The molecule has 0 aliphatic heterocycles. The first-order chi connectivity index (χ1) is 5.97. The molecule has 0 saturated carbocycles. The SMILES string of the molecule is COC(OC(C)=O)=C([SiH3])OC(C)=O. The molecule has 0 aromatic rings. The molecular weight excluding hydrogens is 192 g/mol. The minimum atomic E-state index is -0.516. The number of carbonyl (C=O) groups excluding carboxylic acids is 2. The molecular formula is C7H12O5Si. The van der Waals surface area contributed by atoms with Gasteiger partial charge in [-0.25, -0.2) is 0 Å². The zero-order valence-electron chi connectivity index (χ0n) is 8.04. The highest BCUT2D eigenvalue weighted by atomic mass is 28.1. The van der Waals surface area contributed by atoms with Crippen molar-refractivity contribution in [2.24, 2.45) is 0 Å². The molecule has 0 atom stereocenters. The first kappa shape index (κ1) is 11.7. The third-order valence-electron chi connectivity index (χ3n) is 1.01. The molecule has 13 heavy (non-hydrogen) atoms. The highest BCUT2D eigenvalue weighted by Crippen LogP contribution is 2.05. The van der Waals surface area contributed by atoms with Gasteiger partial charge in [0.25, 0.3) is 0 Å². The Morgan fingerprint density at radius 3 is 1.85 bits per heavy atom. The molecule has 0 unspecified atom stereocenters. The van der Waals surface area contributed by atoms with E-state index in [4.69, 9.17) is 9.47 Å². The maximum atomic E-state index is 10.5. The molecule has 0 radical (unpaired) electrons. The van der Waals surface area contributed by atoms with Gasteiger partial charge in [0.2, 0.25) is 0 Å². The molecule has 0 fully saturated rings. The van der Waals surface area contributed by atoms with Gasteiger partial charge in [0.15, 0.2) is 5.38 Å². The van der Waals surface area contributed by atoms with Crippen molar-refractivity contribution in [2.75, 3.05) is 7.11 Å². The summed E-state index contributed by atoms with van der Waals surface area (Å²) in [6.45, 7) is 2.50. The summed E-state index contributed by atoms with van der Waals surface area (Å²) in [7, 11) is 1.75. The Kier molecular flexibility index (Phi) is 4.82. The summed E-state index contributed by atoms with van der Waals surface area (Å²) in [6, 6.07) is 0. The van der Waals surface area contributed by atoms with Crippen molar-refractivity contribution < 1.29 is 23.8 Å². The molecule has 74 valence electrons. The lowest BCUT2D eigenvalue weighted by Crippen LogP contribution is -2.08. The fourth-order valence-electron chi connectivity index (χ4n) is 0.645. The van der Waals surface area contributed by atoms with Crippen LogP contribution in [0.15, 0.2) is 11.3 Å². The van der Waals surface area contributed by atoms with Crippen molar-refractivity contribution >= 4 is 22.2 Å². The fraction of sp³-hybridized carbons (Fsp3) is 0.429. The number of hydrogen-bond donors (Lipinski definition) is 0. The number of rotatable bonds is 3. The van der Waals surface area contributed by atoms with E-state index in [0.29, 0.717) is 10.2 Å². The molecule has 0 saturated heterocycles. The van der Waals surface area contributed by atoms with Gasteiger partial charge in [-0.15, -0.1) is 0 Å². The first-order valence-corrected chi connectivity index (χ1v) is 4.59. The van der Waals surface area contributed by atoms with Crippen molar-refractivity contribution in [3.8, 4) is 0 Å². The standard InChI is InChI=1S/C7H12O5Si/c1-4(8)11-6(10-3)7(13)12-5(2)9/h1-3,13H3. The molecule has 0 aromatic heterocycles. The van der Waals surface area contributed by atoms with Crippen LogP contribution in [0.4, 0.5) is 0 Å². The number of methoxy groups -OCH3 is 1. The first-order valence-electron chi connectivity index (χ1n) is 3.59. The van der Waals surface area contributed by atoms with Gasteiger partial charge >= 0.3 is 17.9 Å². The molecule has 0 spiro atoms. The van der Waals surface area contributed by atoms with Crippen LogP contribution in [-0.4, -0.2) is 29.3 Å². The van der Waals surface area contributed by atoms with Crippen LogP contribution in [0.2, 0.25) is 0 Å². The van der Waals surface area contributed by atoms with Gasteiger partial charge in [0.1, 0.15) is 0 Å². The van der Waals surface area contributed by atoms with Crippen LogP contribution in [0.5, 0.6) is 0 Å². The van der Waals surface area contributed by atoms with Gasteiger partial charge < -0.3 is 14.2 Å². The van der Waals surface area contributed by atoms with Crippen molar-refractivity contribution in [3.05, 3.63) is 11.3 Å². The summed E-state index contributed by atoms with van der Waals surface area (Å²) in [5.41, 5.74) is 0. The second-order valence-corrected chi connectivity index (χ2v) is 3.14. The van der Waals surface area contributed by atoms with Gasteiger partial charge in [-0.2, -0.15) is 0 Å². The van der Waals surface area contributed by atoms with E-state index >= 15 is 0 Å². The zero-order valence-corrected chi connectivity index (χ0v) is 10.0. The molecule has 5 nitrogen and oxygen atoms in total. The number of carbonyl (C=O) groups is 2. The Morgan fingerprint density at radius 2 is 1.54 bits per heavy atom. The maximum Gasteiger partial charge on any atom is 0.320 e.